The third-order valence-corrected chi connectivity index (χ3v) is 3.52. The summed E-state index contributed by atoms with van der Waals surface area (Å²) in [5.41, 5.74) is 1.72. The van der Waals surface area contributed by atoms with E-state index < -0.39 is 0 Å². The van der Waals surface area contributed by atoms with Crippen molar-refractivity contribution >= 4 is 10.8 Å². The van der Waals surface area contributed by atoms with Crippen LogP contribution >= 0.6 is 0 Å². The van der Waals surface area contributed by atoms with Crippen LogP contribution in [0.5, 0.6) is 11.5 Å². The molecule has 0 aliphatic rings. The molecule has 0 saturated heterocycles. The maximum absolute atomic E-state index is 13.1. The van der Waals surface area contributed by atoms with Gasteiger partial charge in [-0.05, 0) is 53.1 Å². The Labute approximate surface area is 122 Å². The molecule has 0 atom stereocenters. The minimum absolute atomic E-state index is 0.105. The smallest absolute Gasteiger partial charge is 0.162 e. The summed E-state index contributed by atoms with van der Waals surface area (Å²) >= 11 is 0. The highest BCUT2D eigenvalue weighted by atomic mass is 19.1. The van der Waals surface area contributed by atoms with E-state index in [1.807, 2.05) is 37.3 Å². The van der Waals surface area contributed by atoms with Crippen LogP contribution in [0, 0.1) is 12.7 Å². The second kappa shape index (κ2) is 5.44. The first-order valence-corrected chi connectivity index (χ1v) is 6.73. The van der Waals surface area contributed by atoms with Crippen molar-refractivity contribution < 1.29 is 14.2 Å². The molecule has 0 saturated carbocycles. The topological polar surface area (TPSA) is 29.5 Å². The van der Waals surface area contributed by atoms with Gasteiger partial charge in [-0.2, -0.15) is 0 Å². The van der Waals surface area contributed by atoms with Crippen LogP contribution in [-0.2, 0) is 6.61 Å². The zero-order valence-electron chi connectivity index (χ0n) is 11.6. The molecule has 0 amide bonds. The molecule has 0 aliphatic heterocycles. The fourth-order valence-corrected chi connectivity index (χ4v) is 2.30. The molecule has 3 aromatic rings. The third kappa shape index (κ3) is 2.82. The molecule has 106 valence electrons. The summed E-state index contributed by atoms with van der Waals surface area (Å²) in [5, 5.41) is 12.0. The largest absolute Gasteiger partial charge is 0.504 e. The predicted molar refractivity (Wildman–Crippen MR) is 81.1 cm³/mol. The van der Waals surface area contributed by atoms with Crippen LogP contribution in [0.4, 0.5) is 4.39 Å². The minimum atomic E-state index is -0.259. The number of aromatic hydroxyl groups is 1. The molecular weight excluding hydrogens is 267 g/mol. The lowest BCUT2D eigenvalue weighted by Crippen LogP contribution is -1.98. The maximum Gasteiger partial charge on any atom is 0.162 e. The van der Waals surface area contributed by atoms with Gasteiger partial charge in [0.1, 0.15) is 12.4 Å². The highest BCUT2D eigenvalue weighted by Gasteiger charge is 2.07. The Hall–Kier alpha value is -2.55. The van der Waals surface area contributed by atoms with Gasteiger partial charge in [-0.15, -0.1) is 0 Å². The Balaban J connectivity index is 1.86. The van der Waals surface area contributed by atoms with E-state index in [0.717, 1.165) is 21.9 Å². The number of fused-ring (bicyclic) bond motifs is 1. The summed E-state index contributed by atoms with van der Waals surface area (Å²) in [6, 6.07) is 15.8. The maximum atomic E-state index is 13.1. The number of halogens is 1. The van der Waals surface area contributed by atoms with E-state index in [-0.39, 0.29) is 18.2 Å². The molecule has 0 spiro atoms. The van der Waals surface area contributed by atoms with Gasteiger partial charge in [0.25, 0.3) is 0 Å². The predicted octanol–water partition coefficient (Wildman–Crippen LogP) is 4.57. The number of hydrogen-bond acceptors (Lipinski definition) is 2. The number of ether oxygens (including phenoxy) is 1. The summed E-state index contributed by atoms with van der Waals surface area (Å²) in [7, 11) is 0. The van der Waals surface area contributed by atoms with Gasteiger partial charge in [0, 0.05) is 0 Å². The number of hydrogen-bond donors (Lipinski definition) is 1. The lowest BCUT2D eigenvalue weighted by Gasteiger charge is -2.11. The van der Waals surface area contributed by atoms with Gasteiger partial charge in [0.05, 0.1) is 0 Å². The fraction of sp³-hybridized carbons (Fsp3) is 0.111. The minimum Gasteiger partial charge on any atom is -0.504 e. The summed E-state index contributed by atoms with van der Waals surface area (Å²) < 4.78 is 18.7. The highest BCUT2D eigenvalue weighted by molar-refractivity contribution is 5.85. The van der Waals surface area contributed by atoms with Crippen LogP contribution in [0.1, 0.15) is 11.1 Å². The Morgan fingerprint density at radius 2 is 1.71 bits per heavy atom. The molecule has 3 rings (SSSR count). The molecular formula is C18H15FO2. The normalized spacial score (nSPS) is 10.8. The first-order valence-electron chi connectivity index (χ1n) is 6.73. The van der Waals surface area contributed by atoms with Gasteiger partial charge in [0.15, 0.2) is 11.5 Å². The number of phenolic OH excluding ortho intramolecular Hbond substituents is 1. The van der Waals surface area contributed by atoms with Gasteiger partial charge < -0.3 is 9.84 Å². The van der Waals surface area contributed by atoms with Crippen LogP contribution < -0.4 is 4.74 Å². The van der Waals surface area contributed by atoms with E-state index in [0.29, 0.717) is 5.75 Å². The number of rotatable bonds is 3. The van der Waals surface area contributed by atoms with Gasteiger partial charge in [-0.1, -0.05) is 30.3 Å². The summed E-state index contributed by atoms with van der Waals surface area (Å²) in [6.45, 7) is 2.13. The highest BCUT2D eigenvalue weighted by Crippen LogP contribution is 2.32. The third-order valence-electron chi connectivity index (χ3n) is 3.52. The second-order valence-electron chi connectivity index (χ2n) is 5.03. The lowest BCUT2D eigenvalue weighted by molar-refractivity contribution is 0.289. The Morgan fingerprint density at radius 1 is 1.00 bits per heavy atom. The van der Waals surface area contributed by atoms with Crippen molar-refractivity contribution in [2.45, 2.75) is 13.5 Å². The van der Waals surface area contributed by atoms with Gasteiger partial charge in [0.2, 0.25) is 0 Å². The standard InChI is InChI=1S/C18H15FO2/c1-12-8-16(19)7-6-15(12)11-21-18-10-14-5-3-2-4-13(14)9-17(18)20/h2-10,20H,11H2,1H3. The van der Waals surface area contributed by atoms with Crippen molar-refractivity contribution in [3.05, 3.63) is 71.5 Å². The molecule has 0 unspecified atom stereocenters. The molecule has 3 heteroatoms. The Bertz CT molecular complexity index is 796. The Morgan fingerprint density at radius 3 is 2.43 bits per heavy atom. The molecule has 21 heavy (non-hydrogen) atoms. The quantitative estimate of drug-likeness (QED) is 0.762. The first kappa shape index (κ1) is 13.4. The number of aryl methyl sites for hydroxylation is 1. The van der Waals surface area contributed by atoms with Crippen molar-refractivity contribution in [1.29, 1.82) is 0 Å². The van der Waals surface area contributed by atoms with Crippen LogP contribution in [0.3, 0.4) is 0 Å². The van der Waals surface area contributed by atoms with E-state index in [1.54, 1.807) is 12.1 Å². The van der Waals surface area contributed by atoms with Crippen molar-refractivity contribution in [3.63, 3.8) is 0 Å². The summed E-state index contributed by atoms with van der Waals surface area (Å²) in [4.78, 5) is 0. The van der Waals surface area contributed by atoms with Gasteiger partial charge in [-0.25, -0.2) is 4.39 Å². The van der Waals surface area contributed by atoms with Crippen LogP contribution in [0.2, 0.25) is 0 Å². The zero-order valence-corrected chi connectivity index (χ0v) is 11.6. The van der Waals surface area contributed by atoms with E-state index >= 15 is 0 Å². The average Bonchev–Trinajstić information content (AvgIpc) is 2.46. The monoisotopic (exact) mass is 282 g/mol. The SMILES string of the molecule is Cc1cc(F)ccc1COc1cc2ccccc2cc1O. The van der Waals surface area contributed by atoms with E-state index in [2.05, 4.69) is 0 Å². The van der Waals surface area contributed by atoms with Gasteiger partial charge >= 0.3 is 0 Å². The Kier molecular flexibility index (Phi) is 3.48. The number of phenols is 1. The van der Waals surface area contributed by atoms with Crippen LogP contribution in [0.15, 0.2) is 54.6 Å². The molecule has 0 aromatic heterocycles. The van der Waals surface area contributed by atoms with Crippen molar-refractivity contribution in [1.82, 2.24) is 0 Å². The summed E-state index contributed by atoms with van der Waals surface area (Å²) in [5.74, 6) is 0.274. The van der Waals surface area contributed by atoms with E-state index in [4.69, 9.17) is 4.74 Å². The fourth-order valence-electron chi connectivity index (χ4n) is 2.30. The lowest BCUT2D eigenvalue weighted by atomic mass is 10.1. The van der Waals surface area contributed by atoms with Crippen molar-refractivity contribution in [2.24, 2.45) is 0 Å². The molecule has 0 bridgehead atoms. The number of benzene rings is 3. The first-order chi connectivity index (χ1) is 10.1. The molecule has 0 radical (unpaired) electrons. The van der Waals surface area contributed by atoms with Crippen LogP contribution in [-0.4, -0.2) is 5.11 Å². The molecule has 0 fully saturated rings. The van der Waals surface area contributed by atoms with Crippen molar-refractivity contribution in [2.75, 3.05) is 0 Å². The molecule has 0 aliphatic carbocycles. The molecule has 2 nitrogen and oxygen atoms in total. The van der Waals surface area contributed by atoms with Crippen LogP contribution in [0.25, 0.3) is 10.8 Å². The molecule has 1 N–H and O–H groups in total. The van der Waals surface area contributed by atoms with Gasteiger partial charge in [-0.3, -0.25) is 0 Å². The van der Waals surface area contributed by atoms with Crippen molar-refractivity contribution in [3.8, 4) is 11.5 Å². The van der Waals surface area contributed by atoms with E-state index in [9.17, 15) is 9.50 Å². The second-order valence-corrected chi connectivity index (χ2v) is 5.03. The summed E-state index contributed by atoms with van der Waals surface area (Å²) in [6.07, 6.45) is 0. The molecule has 0 heterocycles. The average molecular weight is 282 g/mol. The zero-order chi connectivity index (χ0) is 14.8. The molecule has 3 aromatic carbocycles. The van der Waals surface area contributed by atoms with E-state index in [1.165, 1.54) is 12.1 Å².